The molecule has 9 heteroatoms. The number of anilines is 4. The highest BCUT2D eigenvalue weighted by Gasteiger charge is 2.21. The van der Waals surface area contributed by atoms with Crippen LogP contribution in [0.25, 0.3) is 5.65 Å². The summed E-state index contributed by atoms with van der Waals surface area (Å²) in [5.41, 5.74) is 9.30. The Balaban J connectivity index is 1.49. The van der Waals surface area contributed by atoms with Gasteiger partial charge in [0.25, 0.3) is 5.91 Å². The summed E-state index contributed by atoms with van der Waals surface area (Å²) in [7, 11) is 0. The van der Waals surface area contributed by atoms with Gasteiger partial charge in [0.15, 0.2) is 11.3 Å². The molecule has 1 fully saturated rings. The first-order chi connectivity index (χ1) is 16.2. The molecule has 0 aliphatic heterocycles. The summed E-state index contributed by atoms with van der Waals surface area (Å²) < 4.78 is 1.58. The van der Waals surface area contributed by atoms with Crippen LogP contribution < -0.4 is 21.7 Å². The van der Waals surface area contributed by atoms with Gasteiger partial charge in [0.1, 0.15) is 5.82 Å². The molecule has 3 aromatic heterocycles. The zero-order valence-electron chi connectivity index (χ0n) is 18.1. The molecule has 1 aliphatic rings. The van der Waals surface area contributed by atoms with Crippen molar-refractivity contribution >= 4 is 34.4 Å². The predicted molar refractivity (Wildman–Crippen MR) is 129 cm³/mol. The van der Waals surface area contributed by atoms with Gasteiger partial charge in [0.05, 0.1) is 11.9 Å². The van der Waals surface area contributed by atoms with Gasteiger partial charge < -0.3 is 21.7 Å². The maximum atomic E-state index is 13.0. The molecule has 4 aromatic rings. The van der Waals surface area contributed by atoms with Crippen LogP contribution in [-0.4, -0.2) is 37.6 Å². The van der Waals surface area contributed by atoms with E-state index in [9.17, 15) is 4.79 Å². The van der Waals surface area contributed by atoms with Crippen LogP contribution in [0.2, 0.25) is 0 Å². The van der Waals surface area contributed by atoms with Gasteiger partial charge in [-0.05, 0) is 49.9 Å². The van der Waals surface area contributed by atoms with E-state index < -0.39 is 0 Å². The van der Waals surface area contributed by atoms with Crippen molar-refractivity contribution in [2.75, 3.05) is 16.0 Å². The van der Waals surface area contributed by atoms with E-state index in [1.54, 1.807) is 35.2 Å². The molecular weight excluding hydrogens is 416 g/mol. The number of carbonyl (C=O) groups excluding carboxylic acids is 1. The van der Waals surface area contributed by atoms with Crippen molar-refractivity contribution in [2.45, 2.75) is 37.8 Å². The normalized spacial score (nSPS) is 18.1. The third kappa shape index (κ3) is 4.78. The molecule has 33 heavy (non-hydrogen) atoms. The van der Waals surface area contributed by atoms with Crippen molar-refractivity contribution < 1.29 is 4.79 Å². The van der Waals surface area contributed by atoms with E-state index in [0.717, 1.165) is 37.1 Å². The van der Waals surface area contributed by atoms with Crippen LogP contribution in [0.3, 0.4) is 0 Å². The largest absolute Gasteiger partial charge is 0.366 e. The summed E-state index contributed by atoms with van der Waals surface area (Å²) >= 11 is 0. The SMILES string of the molecule is N[C@H]1CC[C@H](Nc2cc(Nc3ccccc3)c3ncc(C(=O)Nc4ccncc4)n3n2)CC1. The van der Waals surface area contributed by atoms with Crippen molar-refractivity contribution in [3.8, 4) is 0 Å². The molecule has 168 valence electrons. The third-order valence-corrected chi connectivity index (χ3v) is 5.82. The van der Waals surface area contributed by atoms with Crippen LogP contribution in [0.15, 0.2) is 67.1 Å². The monoisotopic (exact) mass is 442 g/mol. The van der Waals surface area contributed by atoms with Crippen molar-refractivity contribution in [3.63, 3.8) is 0 Å². The molecule has 5 rings (SSSR count). The highest BCUT2D eigenvalue weighted by molar-refractivity contribution is 6.03. The van der Waals surface area contributed by atoms with Gasteiger partial charge in [-0.25, -0.2) is 9.50 Å². The lowest BCUT2D eigenvalue weighted by atomic mass is 9.92. The number of imidazole rings is 1. The lowest BCUT2D eigenvalue weighted by molar-refractivity contribution is 0.102. The summed E-state index contributed by atoms with van der Waals surface area (Å²) in [5, 5.41) is 14.5. The second kappa shape index (κ2) is 9.25. The lowest BCUT2D eigenvalue weighted by Gasteiger charge is -2.27. The Morgan fingerprint density at radius 1 is 1.00 bits per heavy atom. The van der Waals surface area contributed by atoms with Gasteiger partial charge in [0, 0.05) is 41.9 Å². The maximum Gasteiger partial charge on any atom is 0.276 e. The molecule has 1 aliphatic carbocycles. The van der Waals surface area contributed by atoms with Crippen LogP contribution in [0, 0.1) is 0 Å². The Labute approximate surface area is 191 Å². The van der Waals surface area contributed by atoms with Gasteiger partial charge in [0.2, 0.25) is 0 Å². The number of nitrogens with two attached hydrogens (primary N) is 1. The van der Waals surface area contributed by atoms with Gasteiger partial charge >= 0.3 is 0 Å². The molecule has 3 heterocycles. The molecule has 9 nitrogen and oxygen atoms in total. The molecular formula is C24H26N8O. The summed E-state index contributed by atoms with van der Waals surface area (Å²) in [4.78, 5) is 21.5. The van der Waals surface area contributed by atoms with Gasteiger partial charge in [-0.2, -0.15) is 0 Å². The maximum absolute atomic E-state index is 13.0. The number of amides is 1. The van der Waals surface area contributed by atoms with Crippen LogP contribution in [0.1, 0.15) is 36.2 Å². The van der Waals surface area contributed by atoms with Crippen LogP contribution in [-0.2, 0) is 0 Å². The smallest absolute Gasteiger partial charge is 0.276 e. The van der Waals surface area contributed by atoms with E-state index in [0.29, 0.717) is 22.8 Å². The van der Waals surface area contributed by atoms with E-state index in [-0.39, 0.29) is 18.0 Å². The molecule has 0 bridgehead atoms. The Morgan fingerprint density at radius 2 is 1.76 bits per heavy atom. The minimum atomic E-state index is -0.298. The molecule has 5 N–H and O–H groups in total. The Kier molecular flexibility index (Phi) is 5.86. The highest BCUT2D eigenvalue weighted by atomic mass is 16.2. The number of para-hydroxylation sites is 1. The molecule has 1 aromatic carbocycles. The number of pyridine rings is 1. The average molecular weight is 443 g/mol. The summed E-state index contributed by atoms with van der Waals surface area (Å²) in [6.07, 6.45) is 8.74. The standard InChI is InChI=1S/C24H26N8O/c25-16-6-8-18(9-7-16)29-22-14-20(28-17-4-2-1-3-5-17)23-27-15-21(32(23)31-22)24(33)30-19-10-12-26-13-11-19/h1-5,10-16,18,28H,6-9,25H2,(H,29,31)(H,26,30,33)/t16-,18-. The number of nitrogens with zero attached hydrogens (tertiary/aromatic N) is 4. The number of aromatic nitrogens is 4. The van der Waals surface area contributed by atoms with E-state index in [2.05, 4.69) is 25.9 Å². The van der Waals surface area contributed by atoms with Crippen LogP contribution in [0.4, 0.5) is 22.9 Å². The number of nitrogens with one attached hydrogen (secondary N) is 3. The van der Waals surface area contributed by atoms with Gasteiger partial charge in [-0.1, -0.05) is 18.2 Å². The Morgan fingerprint density at radius 3 is 2.52 bits per heavy atom. The zero-order valence-corrected chi connectivity index (χ0v) is 18.1. The predicted octanol–water partition coefficient (Wildman–Crippen LogP) is 3.80. The fourth-order valence-electron chi connectivity index (χ4n) is 4.07. The first-order valence-electron chi connectivity index (χ1n) is 11.1. The topological polar surface area (TPSA) is 122 Å². The van der Waals surface area contributed by atoms with Crippen molar-refractivity contribution in [3.05, 3.63) is 72.8 Å². The van der Waals surface area contributed by atoms with Gasteiger partial charge in [-0.15, -0.1) is 5.10 Å². The molecule has 0 spiro atoms. The first-order valence-corrected chi connectivity index (χ1v) is 11.1. The molecule has 0 unspecified atom stereocenters. The van der Waals surface area contributed by atoms with E-state index in [1.807, 2.05) is 36.4 Å². The minimum Gasteiger partial charge on any atom is -0.366 e. The highest BCUT2D eigenvalue weighted by Crippen LogP contribution is 2.27. The second-order valence-electron chi connectivity index (χ2n) is 8.26. The second-order valence-corrected chi connectivity index (χ2v) is 8.26. The third-order valence-electron chi connectivity index (χ3n) is 5.82. The van der Waals surface area contributed by atoms with E-state index in [1.165, 1.54) is 0 Å². The fraction of sp³-hybridized carbons (Fsp3) is 0.250. The quantitative estimate of drug-likeness (QED) is 0.358. The molecule has 0 atom stereocenters. The Hall–Kier alpha value is -3.98. The summed E-state index contributed by atoms with van der Waals surface area (Å²) in [6, 6.07) is 15.8. The van der Waals surface area contributed by atoms with Crippen LogP contribution >= 0.6 is 0 Å². The van der Waals surface area contributed by atoms with Crippen molar-refractivity contribution in [1.82, 2.24) is 19.6 Å². The number of hydrogen-bond donors (Lipinski definition) is 4. The number of fused-ring (bicyclic) bond motifs is 1. The fourth-order valence-corrected chi connectivity index (χ4v) is 4.07. The van der Waals surface area contributed by atoms with E-state index in [4.69, 9.17) is 10.8 Å². The van der Waals surface area contributed by atoms with Crippen LogP contribution in [0.5, 0.6) is 0 Å². The van der Waals surface area contributed by atoms with Crippen molar-refractivity contribution in [2.24, 2.45) is 5.73 Å². The van der Waals surface area contributed by atoms with Crippen molar-refractivity contribution in [1.29, 1.82) is 0 Å². The average Bonchev–Trinajstić information content (AvgIpc) is 3.26. The number of benzene rings is 1. The number of carbonyl (C=O) groups is 1. The molecule has 0 radical (unpaired) electrons. The lowest BCUT2D eigenvalue weighted by Crippen LogP contribution is -2.33. The summed E-state index contributed by atoms with van der Waals surface area (Å²) in [5.74, 6) is 0.380. The minimum absolute atomic E-state index is 0.269. The van der Waals surface area contributed by atoms with E-state index >= 15 is 0 Å². The molecule has 1 amide bonds. The number of rotatable bonds is 6. The molecule has 0 saturated heterocycles. The Bertz CT molecular complexity index is 1230. The first kappa shape index (κ1) is 20.9. The molecule has 1 saturated carbocycles. The summed E-state index contributed by atoms with van der Waals surface area (Å²) in [6.45, 7) is 0. The number of hydrogen-bond acceptors (Lipinski definition) is 7. The zero-order chi connectivity index (χ0) is 22.6. The van der Waals surface area contributed by atoms with Gasteiger partial charge in [-0.3, -0.25) is 9.78 Å².